The van der Waals surface area contributed by atoms with E-state index in [2.05, 4.69) is 54.9 Å². The fourth-order valence-corrected chi connectivity index (χ4v) is 4.24. The van der Waals surface area contributed by atoms with Gasteiger partial charge in [0.15, 0.2) is 0 Å². The number of rotatable bonds is 5. The monoisotopic (exact) mass is 314 g/mol. The molecule has 2 nitrogen and oxygen atoms in total. The van der Waals surface area contributed by atoms with Crippen LogP contribution in [-0.4, -0.2) is 4.98 Å². The summed E-state index contributed by atoms with van der Waals surface area (Å²) in [6.07, 6.45) is 6.47. The summed E-state index contributed by atoms with van der Waals surface area (Å²) >= 11 is 1.79. The van der Waals surface area contributed by atoms with Crippen LogP contribution < -0.4 is 5.32 Å². The van der Waals surface area contributed by atoms with Gasteiger partial charge in [-0.3, -0.25) is 0 Å². The lowest BCUT2D eigenvalue weighted by atomic mass is 9.76. The van der Waals surface area contributed by atoms with Gasteiger partial charge in [0.05, 0.1) is 10.7 Å². The number of hydrogen-bond donors (Lipinski definition) is 1. The van der Waals surface area contributed by atoms with Gasteiger partial charge in [-0.1, -0.05) is 63.4 Å². The molecule has 0 unspecified atom stereocenters. The van der Waals surface area contributed by atoms with E-state index in [4.69, 9.17) is 4.98 Å². The second-order valence-corrected chi connectivity index (χ2v) is 7.58. The van der Waals surface area contributed by atoms with Crippen LogP contribution in [0, 0.1) is 0 Å². The van der Waals surface area contributed by atoms with Crippen molar-refractivity contribution < 1.29 is 0 Å². The third-order valence-corrected chi connectivity index (χ3v) is 5.90. The third kappa shape index (κ3) is 3.41. The molecule has 0 radical (unpaired) electrons. The molecule has 1 heterocycles. The fourth-order valence-electron chi connectivity index (χ4n) is 3.41. The molecule has 1 saturated carbocycles. The third-order valence-electron chi connectivity index (χ3n) is 4.70. The molecule has 0 aliphatic heterocycles. The number of thiazole rings is 1. The van der Waals surface area contributed by atoms with Crippen LogP contribution >= 0.6 is 11.3 Å². The Morgan fingerprint density at radius 1 is 1.14 bits per heavy atom. The SMILES string of the molecule is CC(C)c1nc(CNC2(c3ccccc3)CCCCC2)cs1. The molecule has 1 aromatic carbocycles. The highest BCUT2D eigenvalue weighted by Crippen LogP contribution is 2.37. The number of nitrogens with zero attached hydrogens (tertiary/aromatic N) is 1. The Balaban J connectivity index is 1.75. The smallest absolute Gasteiger partial charge is 0.0954 e. The minimum atomic E-state index is 0.140. The molecule has 3 heteroatoms. The van der Waals surface area contributed by atoms with Crippen LogP contribution in [-0.2, 0) is 12.1 Å². The van der Waals surface area contributed by atoms with Gasteiger partial charge in [-0.05, 0) is 18.4 Å². The van der Waals surface area contributed by atoms with Gasteiger partial charge in [0.2, 0.25) is 0 Å². The van der Waals surface area contributed by atoms with Gasteiger partial charge in [-0.15, -0.1) is 11.3 Å². The lowest BCUT2D eigenvalue weighted by Gasteiger charge is -2.39. The van der Waals surface area contributed by atoms with Crippen LogP contribution in [0.2, 0.25) is 0 Å². The van der Waals surface area contributed by atoms with Gasteiger partial charge in [-0.25, -0.2) is 4.98 Å². The van der Waals surface area contributed by atoms with E-state index in [0.717, 1.165) is 6.54 Å². The summed E-state index contributed by atoms with van der Waals surface area (Å²) < 4.78 is 0. The number of aromatic nitrogens is 1. The van der Waals surface area contributed by atoms with Crippen LogP contribution in [0.5, 0.6) is 0 Å². The zero-order valence-corrected chi connectivity index (χ0v) is 14.5. The minimum absolute atomic E-state index is 0.140. The van der Waals surface area contributed by atoms with E-state index in [9.17, 15) is 0 Å². The fraction of sp³-hybridized carbons (Fsp3) is 0.526. The van der Waals surface area contributed by atoms with E-state index in [0.29, 0.717) is 5.92 Å². The molecule has 0 spiro atoms. The van der Waals surface area contributed by atoms with Crippen LogP contribution in [0.1, 0.15) is 68.1 Å². The van der Waals surface area contributed by atoms with Gasteiger partial charge in [-0.2, -0.15) is 0 Å². The average molecular weight is 314 g/mol. The second kappa shape index (κ2) is 6.93. The van der Waals surface area contributed by atoms with Gasteiger partial charge < -0.3 is 5.32 Å². The zero-order valence-electron chi connectivity index (χ0n) is 13.6. The summed E-state index contributed by atoms with van der Waals surface area (Å²) in [5.41, 5.74) is 2.77. The number of hydrogen-bond acceptors (Lipinski definition) is 3. The molecule has 118 valence electrons. The van der Waals surface area contributed by atoms with Gasteiger partial charge >= 0.3 is 0 Å². The van der Waals surface area contributed by atoms with Crippen molar-refractivity contribution in [1.29, 1.82) is 0 Å². The number of nitrogens with one attached hydrogen (secondary N) is 1. The minimum Gasteiger partial charge on any atom is -0.302 e. The Kier molecular flexibility index (Phi) is 4.94. The van der Waals surface area contributed by atoms with Crippen LogP contribution in [0.3, 0.4) is 0 Å². The van der Waals surface area contributed by atoms with Crippen molar-refractivity contribution in [3.63, 3.8) is 0 Å². The molecule has 0 bridgehead atoms. The van der Waals surface area contributed by atoms with Gasteiger partial charge in [0.1, 0.15) is 0 Å². The molecule has 1 aliphatic carbocycles. The van der Waals surface area contributed by atoms with Gasteiger partial charge in [0, 0.05) is 23.4 Å². The van der Waals surface area contributed by atoms with Crippen LogP contribution in [0.25, 0.3) is 0 Å². The molecule has 1 fully saturated rings. The largest absolute Gasteiger partial charge is 0.302 e. The maximum atomic E-state index is 4.77. The molecule has 1 N–H and O–H groups in total. The number of benzene rings is 1. The van der Waals surface area contributed by atoms with E-state index >= 15 is 0 Å². The summed E-state index contributed by atoms with van der Waals surface area (Å²) in [5, 5.41) is 7.32. The standard InChI is InChI=1S/C19H26N2S/c1-15(2)18-21-17(14-22-18)13-20-19(11-7-4-8-12-19)16-9-5-3-6-10-16/h3,5-6,9-10,14-15,20H,4,7-8,11-13H2,1-2H3. The summed E-state index contributed by atoms with van der Waals surface area (Å²) in [4.78, 5) is 4.77. The highest BCUT2D eigenvalue weighted by molar-refractivity contribution is 7.09. The molecule has 0 saturated heterocycles. The molecule has 2 aromatic rings. The Labute approximate surface area is 138 Å². The first-order valence-electron chi connectivity index (χ1n) is 8.44. The van der Waals surface area contributed by atoms with Crippen molar-refractivity contribution in [3.05, 3.63) is 52.0 Å². The average Bonchev–Trinajstić information content (AvgIpc) is 3.04. The summed E-state index contributed by atoms with van der Waals surface area (Å²) in [6.45, 7) is 5.30. The molecule has 0 amide bonds. The molecule has 0 atom stereocenters. The van der Waals surface area contributed by atoms with Crippen LogP contribution in [0.15, 0.2) is 35.7 Å². The Morgan fingerprint density at radius 2 is 1.86 bits per heavy atom. The van der Waals surface area contributed by atoms with Crippen molar-refractivity contribution in [3.8, 4) is 0 Å². The Hall–Kier alpha value is -1.19. The molecule has 22 heavy (non-hydrogen) atoms. The predicted octanol–water partition coefficient (Wildman–Crippen LogP) is 5.22. The quantitative estimate of drug-likeness (QED) is 0.819. The van der Waals surface area contributed by atoms with Crippen molar-refractivity contribution in [2.45, 2.75) is 64.0 Å². The highest BCUT2D eigenvalue weighted by atomic mass is 32.1. The molecule has 1 aliphatic rings. The topological polar surface area (TPSA) is 24.9 Å². The normalized spacial score (nSPS) is 17.8. The molecule has 3 rings (SSSR count). The second-order valence-electron chi connectivity index (χ2n) is 6.69. The summed E-state index contributed by atoms with van der Waals surface area (Å²) in [7, 11) is 0. The lowest BCUT2D eigenvalue weighted by Crippen LogP contribution is -2.43. The van der Waals surface area contributed by atoms with Crippen LogP contribution in [0.4, 0.5) is 0 Å². The first kappa shape index (κ1) is 15.7. The first-order valence-corrected chi connectivity index (χ1v) is 9.32. The molecular weight excluding hydrogens is 288 g/mol. The van der Waals surface area contributed by atoms with Crippen molar-refractivity contribution in [1.82, 2.24) is 10.3 Å². The van der Waals surface area contributed by atoms with Crippen molar-refractivity contribution in [2.24, 2.45) is 0 Å². The Bertz CT molecular complexity index is 582. The predicted molar refractivity (Wildman–Crippen MR) is 94.2 cm³/mol. The van der Waals surface area contributed by atoms with E-state index in [-0.39, 0.29) is 5.54 Å². The summed E-state index contributed by atoms with van der Waals surface area (Å²) in [6, 6.07) is 11.0. The zero-order chi connectivity index (χ0) is 15.4. The van der Waals surface area contributed by atoms with Crippen molar-refractivity contribution >= 4 is 11.3 Å². The van der Waals surface area contributed by atoms with E-state index in [1.54, 1.807) is 11.3 Å². The lowest BCUT2D eigenvalue weighted by molar-refractivity contribution is 0.230. The Morgan fingerprint density at radius 3 is 2.50 bits per heavy atom. The molecular formula is C19H26N2S. The first-order chi connectivity index (χ1) is 10.7. The van der Waals surface area contributed by atoms with Crippen molar-refractivity contribution in [2.75, 3.05) is 0 Å². The highest BCUT2D eigenvalue weighted by Gasteiger charge is 2.33. The van der Waals surface area contributed by atoms with E-state index in [1.807, 2.05) is 0 Å². The van der Waals surface area contributed by atoms with E-state index in [1.165, 1.54) is 48.4 Å². The van der Waals surface area contributed by atoms with Gasteiger partial charge in [0.25, 0.3) is 0 Å². The van der Waals surface area contributed by atoms with E-state index < -0.39 is 0 Å². The molecule has 1 aromatic heterocycles. The summed E-state index contributed by atoms with van der Waals surface area (Å²) in [5.74, 6) is 0.525. The maximum absolute atomic E-state index is 4.77. The maximum Gasteiger partial charge on any atom is 0.0954 e.